The van der Waals surface area contributed by atoms with Gasteiger partial charge >= 0.3 is 0 Å². The second-order valence-corrected chi connectivity index (χ2v) is 23.0. The Morgan fingerprint density at radius 1 is 0.437 bits per heavy atom. The topological polar surface area (TPSA) is 301 Å². The molecule has 0 spiro atoms. The first-order valence-electron chi connectivity index (χ1n) is 32.0. The number of carbonyl (C=O) groups is 7. The number of ketones is 1. The average molecular weight is 1200 g/mol. The van der Waals surface area contributed by atoms with Crippen molar-refractivity contribution in [3.63, 3.8) is 0 Å². The standard InChI is InChI=1S/C69H102N9O9/c1-5-9-32-53(33-10-6-2)63(81)57(36-22-24-42-70)73-68(86)62(47-51-30-20-15-21-31-51)78(54(34-11-7-3)35-12-8-4)69(87)58(37-23-25-43-71)74-65(83)60(46-52-38-40-55(80)41-39-52)76-67(85)61(48-79)77-66(84)59(45-50-28-18-14-19-29-50)75-64(82)56(72)44-49-26-16-13-17-27-49/h13-21,26-31,38-41,54,56-62,79-80H,5-12,22-25,32-37,42-48,70-72H2,1-4H3,(H,73,86)(H,74,83)(H,75,82)(H,76,85)(H,77,84)/t56-,57+,58-,59-,60+,61+,62+/m1/s1. The number of aliphatic hydroxyl groups excluding tert-OH is 1. The molecule has 0 aliphatic carbocycles. The lowest BCUT2D eigenvalue weighted by atomic mass is 9.86. The predicted molar refractivity (Wildman–Crippen MR) is 344 cm³/mol. The van der Waals surface area contributed by atoms with Crippen molar-refractivity contribution in [1.29, 1.82) is 0 Å². The van der Waals surface area contributed by atoms with Crippen LogP contribution in [0.4, 0.5) is 0 Å². The number of phenols is 1. The van der Waals surface area contributed by atoms with Crippen LogP contribution in [0.1, 0.15) is 166 Å². The first kappa shape index (κ1) is 72.5. The average Bonchev–Trinajstić information content (AvgIpc) is 1.57. The summed E-state index contributed by atoms with van der Waals surface area (Å²) in [5.41, 5.74) is 21.2. The molecule has 0 saturated heterocycles. The second kappa shape index (κ2) is 41.2. The number of carbonyl (C=O) groups excluding carboxylic acids is 7. The number of phenolic OH excluding ortho intramolecular Hbond substituents is 1. The Hall–Kier alpha value is -6.99. The van der Waals surface area contributed by atoms with Gasteiger partial charge in [0.1, 0.15) is 36.0 Å². The molecule has 6 amide bonds. The number of nitrogens with one attached hydrogen (secondary N) is 5. The SMILES string of the molecule is CCCC[C](CCCC)C(=O)[C@H](CCCCN)NC(=O)[C@H](Cc1ccccc1)N(C(=O)[C@@H](CCCCN)NC(=O)[C@H](Cc1ccc(O)cc1)NC(=O)[C@H](CO)NC(=O)[C@@H](Cc1ccccc1)NC(=O)[C@H](N)Cc1ccccc1)C(CCCC)CCCC. The summed E-state index contributed by atoms with van der Waals surface area (Å²) in [5.74, 6) is -3.46. The molecule has 0 fully saturated rings. The number of Topliss-reactive ketones (excluding diaryl/α,β-unsaturated/α-hetero) is 1. The van der Waals surface area contributed by atoms with Crippen LogP contribution in [0.3, 0.4) is 0 Å². The van der Waals surface area contributed by atoms with E-state index in [1.54, 1.807) is 41.3 Å². The highest BCUT2D eigenvalue weighted by molar-refractivity contribution is 6.00. The fourth-order valence-corrected chi connectivity index (χ4v) is 10.8. The van der Waals surface area contributed by atoms with E-state index in [-0.39, 0.29) is 43.6 Å². The number of aliphatic hydroxyl groups is 1. The quantitative estimate of drug-likeness (QED) is 0.0198. The van der Waals surface area contributed by atoms with Crippen LogP contribution < -0.4 is 43.8 Å². The Morgan fingerprint density at radius 2 is 0.839 bits per heavy atom. The van der Waals surface area contributed by atoms with Crippen molar-refractivity contribution >= 4 is 41.2 Å². The number of rotatable bonds is 44. The van der Waals surface area contributed by atoms with Crippen molar-refractivity contribution < 1.29 is 43.8 Å². The number of hydrogen-bond acceptors (Lipinski definition) is 12. The molecular formula is C69H102N9O9. The van der Waals surface area contributed by atoms with Crippen LogP contribution >= 0.6 is 0 Å². The summed E-state index contributed by atoms with van der Waals surface area (Å²) in [6, 6.07) is 24.5. The maximum atomic E-state index is 16.2. The molecule has 0 bridgehead atoms. The predicted octanol–water partition coefficient (Wildman–Crippen LogP) is 7.13. The van der Waals surface area contributed by atoms with Crippen molar-refractivity contribution in [3.8, 4) is 5.75 Å². The molecular weight excluding hydrogens is 1100 g/mol. The zero-order chi connectivity index (χ0) is 63.3. The smallest absolute Gasteiger partial charge is 0.246 e. The summed E-state index contributed by atoms with van der Waals surface area (Å²) >= 11 is 0. The van der Waals surface area contributed by atoms with Gasteiger partial charge in [-0.05, 0) is 118 Å². The molecule has 0 heterocycles. The number of amides is 6. The number of nitrogens with two attached hydrogens (primary N) is 3. The Balaban J connectivity index is 1.79. The lowest BCUT2D eigenvalue weighted by Gasteiger charge is -2.41. The number of aromatic hydroxyl groups is 1. The van der Waals surface area contributed by atoms with E-state index in [0.29, 0.717) is 82.0 Å². The Labute approximate surface area is 517 Å². The summed E-state index contributed by atoms with van der Waals surface area (Å²) in [4.78, 5) is 106. The largest absolute Gasteiger partial charge is 0.508 e. The highest BCUT2D eigenvalue weighted by Crippen LogP contribution is 2.27. The van der Waals surface area contributed by atoms with Crippen molar-refractivity contribution in [3.05, 3.63) is 143 Å². The number of unbranched alkanes of at least 4 members (excludes halogenated alkanes) is 6. The van der Waals surface area contributed by atoms with Crippen LogP contribution in [-0.2, 0) is 59.2 Å². The van der Waals surface area contributed by atoms with E-state index in [4.69, 9.17) is 17.2 Å². The van der Waals surface area contributed by atoms with Gasteiger partial charge in [0.15, 0.2) is 5.78 Å². The maximum absolute atomic E-state index is 16.2. The molecule has 18 nitrogen and oxygen atoms in total. The van der Waals surface area contributed by atoms with Gasteiger partial charge in [-0.2, -0.15) is 0 Å². The normalized spacial score (nSPS) is 13.8. The van der Waals surface area contributed by atoms with Gasteiger partial charge in [-0.3, -0.25) is 33.6 Å². The van der Waals surface area contributed by atoms with Gasteiger partial charge in [0, 0.05) is 31.2 Å². The minimum Gasteiger partial charge on any atom is -0.508 e. The summed E-state index contributed by atoms with van der Waals surface area (Å²) < 4.78 is 0. The molecule has 0 unspecified atom stereocenters. The Bertz CT molecular complexity index is 2620. The second-order valence-electron chi connectivity index (χ2n) is 23.0. The molecule has 4 aromatic rings. The maximum Gasteiger partial charge on any atom is 0.246 e. The minimum absolute atomic E-state index is 0.00938. The van der Waals surface area contributed by atoms with E-state index in [2.05, 4.69) is 54.3 Å². The molecule has 0 aliphatic heterocycles. The van der Waals surface area contributed by atoms with E-state index in [9.17, 15) is 29.4 Å². The highest BCUT2D eigenvalue weighted by atomic mass is 16.3. The number of nitrogens with zero attached hydrogens (tertiary/aromatic N) is 1. The van der Waals surface area contributed by atoms with Crippen molar-refractivity contribution in [2.75, 3.05) is 19.7 Å². The van der Waals surface area contributed by atoms with Gasteiger partial charge in [0.2, 0.25) is 35.4 Å². The molecule has 4 rings (SSSR count). The molecule has 87 heavy (non-hydrogen) atoms. The molecule has 1 radical (unpaired) electrons. The Morgan fingerprint density at radius 3 is 1.31 bits per heavy atom. The third-order valence-corrected chi connectivity index (χ3v) is 15.9. The van der Waals surface area contributed by atoms with Gasteiger partial charge in [0.25, 0.3) is 0 Å². The third-order valence-electron chi connectivity index (χ3n) is 15.9. The summed E-state index contributed by atoms with van der Waals surface area (Å²) in [6.07, 6.45) is 11.7. The molecule has 4 aromatic carbocycles. The Kier molecular flexibility index (Phi) is 34.3. The summed E-state index contributed by atoms with van der Waals surface area (Å²) in [6.45, 7) is 8.12. The zero-order valence-electron chi connectivity index (χ0n) is 52.2. The molecule has 0 saturated carbocycles. The molecule has 13 N–H and O–H groups in total. The minimum atomic E-state index is -1.63. The van der Waals surface area contributed by atoms with Gasteiger partial charge in [0.05, 0.1) is 18.7 Å². The first-order chi connectivity index (χ1) is 42.1. The van der Waals surface area contributed by atoms with E-state index < -0.39 is 90.4 Å². The lowest BCUT2D eigenvalue weighted by Crippen LogP contribution is -2.63. The van der Waals surface area contributed by atoms with Gasteiger partial charge in [-0.1, -0.05) is 182 Å². The molecule has 0 aromatic heterocycles. The van der Waals surface area contributed by atoms with Crippen molar-refractivity contribution in [2.24, 2.45) is 17.2 Å². The van der Waals surface area contributed by atoms with Crippen molar-refractivity contribution in [2.45, 2.75) is 217 Å². The van der Waals surface area contributed by atoms with Gasteiger partial charge in [-0.15, -0.1) is 0 Å². The fraction of sp³-hybridized carbons (Fsp3) is 0.536. The van der Waals surface area contributed by atoms with E-state index in [1.165, 1.54) is 12.1 Å². The van der Waals surface area contributed by atoms with Gasteiger partial charge < -0.3 is 58.9 Å². The number of benzene rings is 4. The fourth-order valence-electron chi connectivity index (χ4n) is 10.8. The van der Waals surface area contributed by atoms with E-state index in [1.807, 2.05) is 66.7 Å². The van der Waals surface area contributed by atoms with Crippen LogP contribution in [-0.4, -0.2) is 124 Å². The van der Waals surface area contributed by atoms with E-state index in [0.717, 1.165) is 68.4 Å². The van der Waals surface area contributed by atoms with Crippen LogP contribution in [0.15, 0.2) is 115 Å². The monoisotopic (exact) mass is 1200 g/mol. The first-order valence-corrected chi connectivity index (χ1v) is 32.0. The molecule has 7 atom stereocenters. The number of hydrogen-bond donors (Lipinski definition) is 10. The highest BCUT2D eigenvalue weighted by Gasteiger charge is 2.41. The molecule has 477 valence electrons. The van der Waals surface area contributed by atoms with E-state index >= 15 is 14.4 Å². The lowest BCUT2D eigenvalue weighted by molar-refractivity contribution is -0.147. The third kappa shape index (κ3) is 25.7. The molecule has 0 aliphatic rings. The van der Waals surface area contributed by atoms with Crippen molar-refractivity contribution in [1.82, 2.24) is 31.5 Å². The van der Waals surface area contributed by atoms with Crippen LogP contribution in [0.2, 0.25) is 0 Å². The summed E-state index contributed by atoms with van der Waals surface area (Å²) in [5, 5.41) is 35.4. The van der Waals surface area contributed by atoms with Crippen LogP contribution in [0.5, 0.6) is 5.75 Å². The molecule has 18 heteroatoms. The summed E-state index contributed by atoms with van der Waals surface area (Å²) in [7, 11) is 0. The van der Waals surface area contributed by atoms with Crippen LogP contribution in [0, 0.1) is 5.92 Å². The zero-order valence-corrected chi connectivity index (χ0v) is 52.2. The van der Waals surface area contributed by atoms with Crippen LogP contribution in [0.25, 0.3) is 0 Å². The van der Waals surface area contributed by atoms with Gasteiger partial charge in [-0.25, -0.2) is 0 Å².